The Morgan fingerprint density at radius 1 is 1.59 bits per heavy atom. The third kappa shape index (κ3) is 4.23. The van der Waals surface area contributed by atoms with Crippen molar-refractivity contribution in [1.29, 1.82) is 0 Å². The molecule has 1 aliphatic rings. The lowest BCUT2D eigenvalue weighted by Crippen LogP contribution is -2.42. The Morgan fingerprint density at radius 2 is 2.29 bits per heavy atom. The van der Waals surface area contributed by atoms with Gasteiger partial charge in [-0.1, -0.05) is 0 Å². The monoisotopic (exact) mass is 245 g/mol. The Bertz CT molecular complexity index is 248. The maximum atomic E-state index is 11.3. The summed E-state index contributed by atoms with van der Waals surface area (Å²) in [6.07, 6.45) is 1.19. The van der Waals surface area contributed by atoms with Crippen LogP contribution in [-0.4, -0.2) is 53.9 Å². The van der Waals surface area contributed by atoms with Gasteiger partial charge in [-0.05, 0) is 26.7 Å². The molecule has 1 rings (SSSR count). The molecule has 0 saturated carbocycles. The van der Waals surface area contributed by atoms with Gasteiger partial charge in [0, 0.05) is 19.1 Å². The zero-order valence-corrected chi connectivity index (χ0v) is 10.6. The number of nitrogens with zero attached hydrogens (tertiary/aromatic N) is 1. The summed E-state index contributed by atoms with van der Waals surface area (Å²) in [6.45, 7) is 5.67. The van der Waals surface area contributed by atoms with Gasteiger partial charge >= 0.3 is 0 Å². The maximum Gasteiger partial charge on any atom is 0.263 e. The summed E-state index contributed by atoms with van der Waals surface area (Å²) in [5.41, 5.74) is 2.11. The molecule has 6 nitrogen and oxygen atoms in total. The molecule has 17 heavy (non-hydrogen) atoms. The van der Waals surface area contributed by atoms with Crippen LogP contribution < -0.4 is 11.3 Å². The highest BCUT2D eigenvalue weighted by atomic mass is 16.5. The van der Waals surface area contributed by atoms with Crippen LogP contribution in [-0.2, 0) is 9.53 Å². The number of carbonyl (C=O) groups is 1. The van der Waals surface area contributed by atoms with Crippen LogP contribution >= 0.6 is 0 Å². The quantitative estimate of drug-likeness (QED) is 0.325. The fourth-order valence-corrected chi connectivity index (χ4v) is 2.08. The van der Waals surface area contributed by atoms with Gasteiger partial charge in [0.25, 0.3) is 5.91 Å². The molecular weight excluding hydrogens is 222 g/mol. The molecule has 0 radical (unpaired) electrons. The SMILES string of the molecule is CC(C)N(CCO)CC1CCC(C(=O)NN)O1. The first-order valence-electron chi connectivity index (χ1n) is 6.09. The topological polar surface area (TPSA) is 87.8 Å². The third-order valence-corrected chi connectivity index (χ3v) is 3.10. The van der Waals surface area contributed by atoms with Crippen molar-refractivity contribution in [2.45, 2.75) is 44.9 Å². The molecule has 0 aromatic heterocycles. The molecule has 0 aromatic rings. The van der Waals surface area contributed by atoms with Gasteiger partial charge in [0.15, 0.2) is 0 Å². The summed E-state index contributed by atoms with van der Waals surface area (Å²) in [7, 11) is 0. The summed E-state index contributed by atoms with van der Waals surface area (Å²) >= 11 is 0. The maximum absolute atomic E-state index is 11.3. The molecule has 0 aliphatic carbocycles. The van der Waals surface area contributed by atoms with Crippen LogP contribution in [0.4, 0.5) is 0 Å². The van der Waals surface area contributed by atoms with Crippen molar-refractivity contribution < 1.29 is 14.6 Å². The first-order valence-corrected chi connectivity index (χ1v) is 6.09. The van der Waals surface area contributed by atoms with E-state index < -0.39 is 6.10 Å². The third-order valence-electron chi connectivity index (χ3n) is 3.10. The minimum Gasteiger partial charge on any atom is -0.395 e. The molecule has 1 heterocycles. The number of hydrogen-bond acceptors (Lipinski definition) is 5. The fourth-order valence-electron chi connectivity index (χ4n) is 2.08. The Morgan fingerprint density at radius 3 is 2.82 bits per heavy atom. The van der Waals surface area contributed by atoms with Gasteiger partial charge in [0.1, 0.15) is 6.10 Å². The Labute approximate surface area is 102 Å². The second kappa shape index (κ2) is 6.90. The number of aliphatic hydroxyl groups excluding tert-OH is 1. The molecule has 1 aliphatic heterocycles. The predicted molar refractivity (Wildman–Crippen MR) is 64.0 cm³/mol. The van der Waals surface area contributed by atoms with Crippen molar-refractivity contribution in [1.82, 2.24) is 10.3 Å². The van der Waals surface area contributed by atoms with Gasteiger partial charge in [0.05, 0.1) is 12.7 Å². The number of hydrogen-bond donors (Lipinski definition) is 3. The number of amides is 1. The summed E-state index contributed by atoms with van der Waals surface area (Å²) in [5, 5.41) is 8.97. The van der Waals surface area contributed by atoms with Crippen molar-refractivity contribution in [2.75, 3.05) is 19.7 Å². The second-order valence-electron chi connectivity index (χ2n) is 4.64. The van der Waals surface area contributed by atoms with Gasteiger partial charge in [-0.25, -0.2) is 5.84 Å². The van der Waals surface area contributed by atoms with Gasteiger partial charge in [-0.15, -0.1) is 0 Å². The fraction of sp³-hybridized carbons (Fsp3) is 0.909. The van der Waals surface area contributed by atoms with E-state index in [1.807, 2.05) is 0 Å². The molecule has 2 unspecified atom stereocenters. The minimum absolute atomic E-state index is 0.0475. The van der Waals surface area contributed by atoms with Crippen LogP contribution in [0, 0.1) is 0 Å². The van der Waals surface area contributed by atoms with Crippen LogP contribution in [0.15, 0.2) is 0 Å². The number of rotatable bonds is 6. The number of hydrazine groups is 1. The molecule has 2 atom stereocenters. The highest BCUT2D eigenvalue weighted by Gasteiger charge is 2.31. The van der Waals surface area contributed by atoms with Crippen LogP contribution in [0.25, 0.3) is 0 Å². The highest BCUT2D eigenvalue weighted by molar-refractivity contribution is 5.80. The molecule has 1 fully saturated rings. The molecule has 100 valence electrons. The molecule has 6 heteroatoms. The zero-order valence-electron chi connectivity index (χ0n) is 10.6. The van der Waals surface area contributed by atoms with E-state index in [1.54, 1.807) is 0 Å². The van der Waals surface area contributed by atoms with Gasteiger partial charge in [-0.2, -0.15) is 0 Å². The molecule has 1 saturated heterocycles. The average Bonchev–Trinajstić information content (AvgIpc) is 2.76. The van der Waals surface area contributed by atoms with E-state index in [2.05, 4.69) is 24.2 Å². The van der Waals surface area contributed by atoms with Crippen LogP contribution in [0.2, 0.25) is 0 Å². The van der Waals surface area contributed by atoms with E-state index in [4.69, 9.17) is 15.7 Å². The first-order chi connectivity index (χ1) is 8.08. The smallest absolute Gasteiger partial charge is 0.263 e. The standard InChI is InChI=1S/C11H23N3O3/c1-8(2)14(5-6-15)7-9-3-4-10(17-9)11(16)13-12/h8-10,15H,3-7,12H2,1-2H3,(H,13,16). The van der Waals surface area contributed by atoms with Gasteiger partial charge < -0.3 is 9.84 Å². The van der Waals surface area contributed by atoms with Crippen molar-refractivity contribution in [2.24, 2.45) is 5.84 Å². The van der Waals surface area contributed by atoms with Gasteiger partial charge in [0.2, 0.25) is 0 Å². The van der Waals surface area contributed by atoms with Crippen LogP contribution in [0.1, 0.15) is 26.7 Å². The predicted octanol–water partition coefficient (Wildman–Crippen LogP) is -0.773. The highest BCUT2D eigenvalue weighted by Crippen LogP contribution is 2.21. The summed E-state index contributed by atoms with van der Waals surface area (Å²) in [4.78, 5) is 13.4. The second-order valence-corrected chi connectivity index (χ2v) is 4.64. The Balaban J connectivity index is 2.40. The van der Waals surface area contributed by atoms with Crippen LogP contribution in [0.5, 0.6) is 0 Å². The van der Waals surface area contributed by atoms with E-state index in [0.29, 0.717) is 19.0 Å². The zero-order chi connectivity index (χ0) is 12.8. The van der Waals surface area contributed by atoms with E-state index in [-0.39, 0.29) is 18.6 Å². The largest absolute Gasteiger partial charge is 0.395 e. The number of carbonyl (C=O) groups excluding carboxylic acids is 1. The number of ether oxygens (including phenoxy) is 1. The van der Waals surface area contributed by atoms with E-state index in [1.165, 1.54) is 0 Å². The van der Waals surface area contributed by atoms with Crippen molar-refractivity contribution in [3.63, 3.8) is 0 Å². The normalized spacial score (nSPS) is 24.6. The summed E-state index contributed by atoms with van der Waals surface area (Å²) < 4.78 is 5.63. The van der Waals surface area contributed by atoms with E-state index >= 15 is 0 Å². The minimum atomic E-state index is -0.423. The Hall–Kier alpha value is -0.690. The van der Waals surface area contributed by atoms with Crippen molar-refractivity contribution in [3.05, 3.63) is 0 Å². The molecule has 4 N–H and O–H groups in total. The number of aliphatic hydroxyl groups is 1. The van der Waals surface area contributed by atoms with E-state index in [0.717, 1.165) is 13.0 Å². The Kier molecular flexibility index (Phi) is 5.84. The molecule has 1 amide bonds. The first kappa shape index (κ1) is 14.4. The lowest BCUT2D eigenvalue weighted by atomic mass is 10.1. The number of nitrogens with one attached hydrogen (secondary N) is 1. The van der Waals surface area contributed by atoms with Crippen LogP contribution in [0.3, 0.4) is 0 Å². The molecule has 0 bridgehead atoms. The lowest BCUT2D eigenvalue weighted by Gasteiger charge is -2.28. The molecule has 0 aromatic carbocycles. The van der Waals surface area contributed by atoms with Gasteiger partial charge in [-0.3, -0.25) is 15.1 Å². The van der Waals surface area contributed by atoms with E-state index in [9.17, 15) is 4.79 Å². The molecule has 0 spiro atoms. The summed E-state index contributed by atoms with van der Waals surface area (Å²) in [5.74, 6) is 4.81. The lowest BCUT2D eigenvalue weighted by molar-refractivity contribution is -0.132. The molecular formula is C11H23N3O3. The van der Waals surface area contributed by atoms with Crippen molar-refractivity contribution >= 4 is 5.91 Å². The average molecular weight is 245 g/mol. The number of nitrogens with two attached hydrogens (primary N) is 1. The summed E-state index contributed by atoms with van der Waals surface area (Å²) in [6, 6.07) is 0.355. The van der Waals surface area contributed by atoms with Crippen molar-refractivity contribution in [3.8, 4) is 0 Å².